The van der Waals surface area contributed by atoms with Crippen molar-refractivity contribution in [3.8, 4) is 0 Å². The normalized spacial score (nSPS) is 56.7. The lowest BCUT2D eigenvalue weighted by Crippen LogP contribution is -2.32. The molecule has 0 heterocycles. The highest BCUT2D eigenvalue weighted by Crippen LogP contribution is 2.86. The third-order valence-electron chi connectivity index (χ3n) is 7.11. The number of fused-ring (bicyclic) bond motifs is 1. The summed E-state index contributed by atoms with van der Waals surface area (Å²) in [6, 6.07) is 0. The van der Waals surface area contributed by atoms with Gasteiger partial charge in [0.1, 0.15) is 0 Å². The number of allylic oxidation sites excluding steroid dienone is 1. The quantitative estimate of drug-likeness (QED) is 0.591. The van der Waals surface area contributed by atoms with Crippen molar-refractivity contribution in [1.29, 1.82) is 0 Å². The number of hydrogen-bond donors (Lipinski definition) is 0. The summed E-state index contributed by atoms with van der Waals surface area (Å²) in [7, 11) is 0. The third-order valence-corrected chi connectivity index (χ3v) is 7.11. The molecule has 0 aliphatic heterocycles. The number of hydrogen-bond acceptors (Lipinski definition) is 0. The second kappa shape index (κ2) is 3.39. The summed E-state index contributed by atoms with van der Waals surface area (Å²) in [4.78, 5) is 0. The predicted molar refractivity (Wildman–Crippen MR) is 73.7 cm³/mol. The van der Waals surface area contributed by atoms with E-state index in [1.165, 1.54) is 25.7 Å². The van der Waals surface area contributed by atoms with E-state index in [-0.39, 0.29) is 0 Å². The van der Waals surface area contributed by atoms with Gasteiger partial charge in [-0.2, -0.15) is 0 Å². The Morgan fingerprint density at radius 1 is 1.41 bits per heavy atom. The van der Waals surface area contributed by atoms with Gasteiger partial charge in [-0.15, -0.1) is 6.58 Å². The summed E-state index contributed by atoms with van der Waals surface area (Å²) in [6.45, 7) is 13.9. The first kappa shape index (κ1) is 11.8. The van der Waals surface area contributed by atoms with Crippen LogP contribution in [0, 0.1) is 40.4 Å². The first-order valence-corrected chi connectivity index (χ1v) is 7.60. The van der Waals surface area contributed by atoms with E-state index in [1.54, 1.807) is 0 Å². The molecule has 3 aliphatic rings. The summed E-state index contributed by atoms with van der Waals surface area (Å²) in [5.74, 6) is 4.79. The van der Waals surface area contributed by atoms with Crippen LogP contribution in [0.2, 0.25) is 0 Å². The molecule has 3 saturated carbocycles. The maximum Gasteiger partial charge on any atom is -0.0112 e. The second-order valence-electron chi connectivity index (χ2n) is 7.65. The van der Waals surface area contributed by atoms with Gasteiger partial charge < -0.3 is 0 Å². The lowest BCUT2D eigenvalue weighted by Gasteiger charge is -2.40. The molecule has 0 radical (unpaired) electrons. The van der Waals surface area contributed by atoms with E-state index >= 15 is 0 Å². The fourth-order valence-electron chi connectivity index (χ4n) is 5.45. The highest BCUT2D eigenvalue weighted by Gasteiger charge is 2.80. The van der Waals surface area contributed by atoms with E-state index in [4.69, 9.17) is 0 Å². The SMILES string of the molecule is C=CC1C2(CCC(C)C3CC3C)CC(C)C12C. The third kappa shape index (κ3) is 1.30. The molecule has 7 unspecified atom stereocenters. The Balaban J connectivity index is 1.58. The summed E-state index contributed by atoms with van der Waals surface area (Å²) in [5.41, 5.74) is 1.31. The largest absolute Gasteiger partial charge is 0.103 e. The van der Waals surface area contributed by atoms with Crippen molar-refractivity contribution < 1.29 is 0 Å². The van der Waals surface area contributed by atoms with Crippen LogP contribution >= 0.6 is 0 Å². The Morgan fingerprint density at radius 2 is 2.06 bits per heavy atom. The average Bonchev–Trinajstić information content (AvgIpc) is 3.11. The molecule has 0 aromatic carbocycles. The molecule has 0 saturated heterocycles. The highest BCUT2D eigenvalue weighted by atomic mass is 14.8. The van der Waals surface area contributed by atoms with Gasteiger partial charge in [-0.25, -0.2) is 0 Å². The molecule has 0 spiro atoms. The molecule has 0 aromatic rings. The smallest absolute Gasteiger partial charge is 0.0112 e. The van der Waals surface area contributed by atoms with Gasteiger partial charge in [0.25, 0.3) is 0 Å². The molecule has 3 fully saturated rings. The van der Waals surface area contributed by atoms with Crippen LogP contribution in [0.3, 0.4) is 0 Å². The van der Waals surface area contributed by atoms with Crippen LogP contribution in [0.4, 0.5) is 0 Å². The zero-order chi connectivity index (χ0) is 12.4. The predicted octanol–water partition coefficient (Wildman–Crippen LogP) is 4.91. The van der Waals surface area contributed by atoms with Crippen LogP contribution in [0.5, 0.6) is 0 Å². The van der Waals surface area contributed by atoms with Gasteiger partial charge in [-0.05, 0) is 66.1 Å². The second-order valence-corrected chi connectivity index (χ2v) is 7.65. The molecular weight excluding hydrogens is 204 g/mol. The van der Waals surface area contributed by atoms with Gasteiger partial charge in [0.15, 0.2) is 0 Å². The lowest BCUT2D eigenvalue weighted by atomic mass is 9.64. The van der Waals surface area contributed by atoms with E-state index < -0.39 is 0 Å². The van der Waals surface area contributed by atoms with Crippen molar-refractivity contribution in [3.63, 3.8) is 0 Å². The van der Waals surface area contributed by atoms with Crippen molar-refractivity contribution in [2.75, 3.05) is 0 Å². The van der Waals surface area contributed by atoms with Crippen molar-refractivity contribution in [2.24, 2.45) is 40.4 Å². The van der Waals surface area contributed by atoms with Gasteiger partial charge in [0, 0.05) is 0 Å². The van der Waals surface area contributed by atoms with E-state index in [1.807, 2.05) is 0 Å². The first-order valence-electron chi connectivity index (χ1n) is 7.60. The van der Waals surface area contributed by atoms with Crippen LogP contribution < -0.4 is 0 Å². The minimum atomic E-state index is 0.629. The summed E-state index contributed by atoms with van der Waals surface area (Å²) >= 11 is 0. The summed E-state index contributed by atoms with van der Waals surface area (Å²) in [6.07, 6.45) is 8.14. The van der Waals surface area contributed by atoms with Gasteiger partial charge in [0.05, 0.1) is 0 Å². The number of rotatable bonds is 5. The lowest BCUT2D eigenvalue weighted by molar-refractivity contribution is 0.0878. The van der Waals surface area contributed by atoms with Gasteiger partial charge >= 0.3 is 0 Å². The Kier molecular flexibility index (Phi) is 2.36. The summed E-state index contributed by atoms with van der Waals surface area (Å²) < 4.78 is 0. The zero-order valence-electron chi connectivity index (χ0n) is 12.0. The molecule has 0 nitrogen and oxygen atoms in total. The molecule has 0 aromatic heterocycles. The fourth-order valence-corrected chi connectivity index (χ4v) is 5.45. The molecular formula is C17H28. The van der Waals surface area contributed by atoms with Gasteiger partial charge in [-0.1, -0.05) is 33.8 Å². The molecule has 0 heteroatoms. The Bertz CT molecular complexity index is 344. The van der Waals surface area contributed by atoms with Crippen molar-refractivity contribution >= 4 is 0 Å². The van der Waals surface area contributed by atoms with E-state index in [0.717, 1.165) is 29.6 Å². The molecule has 96 valence electrons. The molecule has 17 heavy (non-hydrogen) atoms. The van der Waals surface area contributed by atoms with Crippen LogP contribution in [0.15, 0.2) is 12.7 Å². The zero-order valence-corrected chi connectivity index (χ0v) is 12.0. The Labute approximate surface area is 107 Å². The first-order chi connectivity index (χ1) is 7.97. The van der Waals surface area contributed by atoms with Crippen LogP contribution in [-0.4, -0.2) is 0 Å². The Hall–Kier alpha value is -0.260. The molecule has 0 bridgehead atoms. The highest BCUT2D eigenvalue weighted by molar-refractivity contribution is 5.32. The monoisotopic (exact) mass is 232 g/mol. The standard InChI is InChI=1S/C17H28/c1-6-15-16(5)13(4)10-17(15,16)8-7-11(2)14-9-12(14)3/h6,11-15H,1,7-10H2,2-5H3. The molecule has 3 aliphatic carbocycles. The molecule has 7 atom stereocenters. The Morgan fingerprint density at radius 3 is 2.47 bits per heavy atom. The minimum Gasteiger partial charge on any atom is -0.103 e. The van der Waals surface area contributed by atoms with Crippen LogP contribution in [-0.2, 0) is 0 Å². The maximum atomic E-state index is 4.07. The minimum absolute atomic E-state index is 0.629. The van der Waals surface area contributed by atoms with Gasteiger partial charge in [-0.3, -0.25) is 0 Å². The van der Waals surface area contributed by atoms with E-state index in [9.17, 15) is 0 Å². The van der Waals surface area contributed by atoms with Crippen molar-refractivity contribution in [3.05, 3.63) is 12.7 Å². The van der Waals surface area contributed by atoms with E-state index in [0.29, 0.717) is 10.8 Å². The summed E-state index contributed by atoms with van der Waals surface area (Å²) in [5, 5.41) is 0. The topological polar surface area (TPSA) is 0 Å². The maximum absolute atomic E-state index is 4.07. The van der Waals surface area contributed by atoms with Gasteiger partial charge in [0.2, 0.25) is 0 Å². The van der Waals surface area contributed by atoms with Crippen LogP contribution in [0.1, 0.15) is 53.4 Å². The molecule has 0 N–H and O–H groups in total. The van der Waals surface area contributed by atoms with Crippen LogP contribution in [0.25, 0.3) is 0 Å². The fraction of sp³-hybridized carbons (Fsp3) is 0.882. The van der Waals surface area contributed by atoms with Crippen molar-refractivity contribution in [1.82, 2.24) is 0 Å². The molecule has 0 amide bonds. The average molecular weight is 232 g/mol. The van der Waals surface area contributed by atoms with E-state index in [2.05, 4.69) is 40.3 Å². The molecule has 3 rings (SSSR count). The van der Waals surface area contributed by atoms with Crippen molar-refractivity contribution in [2.45, 2.75) is 53.4 Å².